The van der Waals surface area contributed by atoms with Crippen molar-refractivity contribution in [1.82, 2.24) is 4.90 Å². The molecular weight excluding hydrogens is 630 g/mol. The molecule has 0 radical (unpaired) electrons. The van der Waals surface area contributed by atoms with Crippen molar-refractivity contribution in [3.63, 3.8) is 0 Å². The van der Waals surface area contributed by atoms with Crippen molar-refractivity contribution in [1.29, 1.82) is 0 Å². The van der Waals surface area contributed by atoms with Crippen LogP contribution in [0.2, 0.25) is 0 Å². The topological polar surface area (TPSA) is 147 Å². The van der Waals surface area contributed by atoms with Gasteiger partial charge in [0, 0.05) is 6.42 Å². The van der Waals surface area contributed by atoms with Gasteiger partial charge in [-0.05, 0) is 18.6 Å². The number of esters is 1. The SMILES string of the molecule is CCCCCC(=O)OCCOCCOCCOCCOCCOCCOCCOCCOCCOCCN1C(=O)c2ccccc2C1=O. The van der Waals surface area contributed by atoms with Gasteiger partial charge in [-0.25, -0.2) is 0 Å². The number of hydrogen-bond donors (Lipinski definition) is 0. The maximum Gasteiger partial charge on any atom is 0.305 e. The predicted molar refractivity (Wildman–Crippen MR) is 174 cm³/mol. The summed E-state index contributed by atoms with van der Waals surface area (Å²) in [6.07, 6.45) is 3.47. The number of ether oxygens (including phenoxy) is 10. The van der Waals surface area contributed by atoms with E-state index in [4.69, 9.17) is 47.4 Å². The van der Waals surface area contributed by atoms with Crippen LogP contribution >= 0.6 is 0 Å². The van der Waals surface area contributed by atoms with E-state index >= 15 is 0 Å². The Kier molecular flexibility index (Phi) is 25.5. The van der Waals surface area contributed by atoms with E-state index in [9.17, 15) is 14.4 Å². The predicted octanol–water partition coefficient (Wildman–Crippen LogP) is 2.56. The second kappa shape index (κ2) is 29.4. The number of fused-ring (bicyclic) bond motifs is 1. The molecule has 0 unspecified atom stereocenters. The van der Waals surface area contributed by atoms with Crippen LogP contribution in [0.3, 0.4) is 0 Å². The highest BCUT2D eigenvalue weighted by molar-refractivity contribution is 6.21. The molecule has 0 atom stereocenters. The van der Waals surface area contributed by atoms with Crippen LogP contribution in [0.25, 0.3) is 0 Å². The zero-order chi connectivity index (χ0) is 34.3. The molecular formula is C34H55NO13. The quantitative estimate of drug-likeness (QED) is 0.0596. The number of carbonyl (C=O) groups is 3. The molecule has 0 saturated carbocycles. The lowest BCUT2D eigenvalue weighted by Gasteiger charge is -2.13. The normalized spacial score (nSPS) is 12.6. The van der Waals surface area contributed by atoms with Gasteiger partial charge in [0.1, 0.15) is 6.61 Å². The van der Waals surface area contributed by atoms with Crippen molar-refractivity contribution in [2.75, 3.05) is 132 Å². The molecule has 2 amide bonds. The summed E-state index contributed by atoms with van der Waals surface area (Å²) in [6.45, 7) is 10.5. The van der Waals surface area contributed by atoms with E-state index in [1.807, 2.05) is 0 Å². The Bertz CT molecular complexity index is 945. The molecule has 0 aromatic heterocycles. The van der Waals surface area contributed by atoms with Crippen molar-refractivity contribution < 1.29 is 61.8 Å². The number of unbranched alkanes of at least 4 members (excludes halogenated alkanes) is 2. The zero-order valence-electron chi connectivity index (χ0n) is 28.5. The smallest absolute Gasteiger partial charge is 0.305 e. The van der Waals surface area contributed by atoms with Gasteiger partial charge < -0.3 is 47.4 Å². The molecule has 1 heterocycles. The molecule has 0 spiro atoms. The summed E-state index contributed by atoms with van der Waals surface area (Å²) < 4.78 is 54.2. The van der Waals surface area contributed by atoms with E-state index < -0.39 is 0 Å². The molecule has 0 bridgehead atoms. The molecule has 1 aromatic carbocycles. The van der Waals surface area contributed by atoms with Crippen LogP contribution in [-0.2, 0) is 52.2 Å². The number of benzene rings is 1. The van der Waals surface area contributed by atoms with Gasteiger partial charge in [-0.15, -0.1) is 0 Å². The molecule has 14 nitrogen and oxygen atoms in total. The van der Waals surface area contributed by atoms with E-state index in [0.717, 1.165) is 19.3 Å². The lowest BCUT2D eigenvalue weighted by Crippen LogP contribution is -2.33. The summed E-state index contributed by atoms with van der Waals surface area (Å²) in [5.41, 5.74) is 0.879. The van der Waals surface area contributed by atoms with Gasteiger partial charge in [-0.3, -0.25) is 19.3 Å². The molecule has 0 aliphatic carbocycles. The average Bonchev–Trinajstić information content (AvgIpc) is 3.34. The first-order valence-corrected chi connectivity index (χ1v) is 17.0. The van der Waals surface area contributed by atoms with Gasteiger partial charge in [0.15, 0.2) is 0 Å². The Balaban J connectivity index is 1.18. The monoisotopic (exact) mass is 685 g/mol. The van der Waals surface area contributed by atoms with Crippen LogP contribution in [-0.4, -0.2) is 155 Å². The van der Waals surface area contributed by atoms with Crippen LogP contribution in [0, 0.1) is 0 Å². The third-order valence-electron chi connectivity index (χ3n) is 6.79. The minimum absolute atomic E-state index is 0.166. The Morgan fingerprint density at radius 2 is 0.833 bits per heavy atom. The first kappa shape index (κ1) is 41.6. The first-order chi connectivity index (χ1) is 23.6. The second-order valence-corrected chi connectivity index (χ2v) is 10.5. The Morgan fingerprint density at radius 3 is 1.19 bits per heavy atom. The van der Waals surface area contributed by atoms with Crippen molar-refractivity contribution in [2.45, 2.75) is 32.6 Å². The van der Waals surface area contributed by atoms with Gasteiger partial charge >= 0.3 is 5.97 Å². The van der Waals surface area contributed by atoms with Crippen molar-refractivity contribution >= 4 is 17.8 Å². The highest BCUT2D eigenvalue weighted by Crippen LogP contribution is 2.21. The van der Waals surface area contributed by atoms with E-state index in [1.54, 1.807) is 24.3 Å². The van der Waals surface area contributed by atoms with Crippen LogP contribution in [0.15, 0.2) is 24.3 Å². The summed E-state index contributed by atoms with van der Waals surface area (Å²) in [5.74, 6) is -0.726. The zero-order valence-corrected chi connectivity index (χ0v) is 28.5. The lowest BCUT2D eigenvalue weighted by atomic mass is 10.1. The number of nitrogens with zero attached hydrogens (tertiary/aromatic N) is 1. The Hall–Kier alpha value is -2.53. The summed E-state index contributed by atoms with van der Waals surface area (Å²) in [6, 6.07) is 6.81. The fourth-order valence-electron chi connectivity index (χ4n) is 4.27. The molecule has 2 rings (SSSR count). The molecule has 14 heteroatoms. The molecule has 1 aromatic rings. The minimum Gasteiger partial charge on any atom is -0.463 e. The number of rotatable bonds is 34. The van der Waals surface area contributed by atoms with Crippen LogP contribution < -0.4 is 0 Å². The fraction of sp³-hybridized carbons (Fsp3) is 0.735. The van der Waals surface area contributed by atoms with E-state index in [-0.39, 0.29) is 37.5 Å². The average molecular weight is 686 g/mol. The van der Waals surface area contributed by atoms with E-state index in [0.29, 0.717) is 130 Å². The fourth-order valence-corrected chi connectivity index (χ4v) is 4.27. The van der Waals surface area contributed by atoms with Crippen molar-refractivity contribution in [2.24, 2.45) is 0 Å². The second-order valence-electron chi connectivity index (χ2n) is 10.5. The molecule has 0 saturated heterocycles. The maximum absolute atomic E-state index is 12.3. The van der Waals surface area contributed by atoms with Gasteiger partial charge in [0.25, 0.3) is 11.8 Å². The van der Waals surface area contributed by atoms with Gasteiger partial charge in [-0.2, -0.15) is 0 Å². The van der Waals surface area contributed by atoms with Crippen LogP contribution in [0.1, 0.15) is 53.3 Å². The summed E-state index contributed by atoms with van der Waals surface area (Å²) in [7, 11) is 0. The largest absolute Gasteiger partial charge is 0.463 e. The van der Waals surface area contributed by atoms with Crippen LogP contribution in [0.4, 0.5) is 0 Å². The van der Waals surface area contributed by atoms with Gasteiger partial charge in [-0.1, -0.05) is 31.9 Å². The van der Waals surface area contributed by atoms with Crippen molar-refractivity contribution in [3.05, 3.63) is 35.4 Å². The standard InChI is InChI=1S/C34H55NO13/c1-2-3-4-9-32(36)48-29-28-47-27-26-46-25-24-45-23-22-44-21-20-43-19-18-42-17-16-41-15-14-40-13-12-39-11-10-35-33(37)30-7-5-6-8-31(30)34(35)38/h5-8H,2-4,9-29H2,1H3. The molecule has 0 N–H and O–H groups in total. The van der Waals surface area contributed by atoms with E-state index in [2.05, 4.69) is 6.92 Å². The number of amides is 2. The minimum atomic E-state index is -0.280. The number of hydrogen-bond acceptors (Lipinski definition) is 13. The highest BCUT2D eigenvalue weighted by atomic mass is 16.6. The van der Waals surface area contributed by atoms with Crippen molar-refractivity contribution in [3.8, 4) is 0 Å². The van der Waals surface area contributed by atoms with Crippen LogP contribution in [0.5, 0.6) is 0 Å². The molecule has 48 heavy (non-hydrogen) atoms. The Labute approximate surface area is 284 Å². The highest BCUT2D eigenvalue weighted by Gasteiger charge is 2.34. The molecule has 0 fully saturated rings. The lowest BCUT2D eigenvalue weighted by molar-refractivity contribution is -0.145. The van der Waals surface area contributed by atoms with Gasteiger partial charge in [0.2, 0.25) is 0 Å². The molecule has 1 aliphatic heterocycles. The summed E-state index contributed by atoms with van der Waals surface area (Å²) >= 11 is 0. The molecule has 1 aliphatic rings. The van der Waals surface area contributed by atoms with E-state index in [1.165, 1.54) is 4.90 Å². The number of imide groups is 1. The summed E-state index contributed by atoms with van der Waals surface area (Å²) in [4.78, 5) is 37.3. The maximum atomic E-state index is 12.3. The summed E-state index contributed by atoms with van der Waals surface area (Å²) in [5, 5.41) is 0. The van der Waals surface area contributed by atoms with Gasteiger partial charge in [0.05, 0.1) is 137 Å². The third kappa shape index (κ3) is 20.1. The number of carbonyl (C=O) groups excluding carboxylic acids is 3. The Morgan fingerprint density at radius 1 is 0.500 bits per heavy atom. The third-order valence-corrected chi connectivity index (χ3v) is 6.79. The first-order valence-electron chi connectivity index (χ1n) is 17.0. The molecule has 274 valence electrons.